The lowest BCUT2D eigenvalue weighted by atomic mass is 10.0. The van der Waals surface area contributed by atoms with E-state index in [2.05, 4.69) is 35.5 Å². The molecule has 2 atom stereocenters. The minimum Gasteiger partial charge on any atom is -0.326 e. The fraction of sp³-hybridized carbons (Fsp3) is 0.462. The molecule has 0 spiro atoms. The summed E-state index contributed by atoms with van der Waals surface area (Å²) in [4.78, 5) is 6.94. The summed E-state index contributed by atoms with van der Waals surface area (Å²) in [6.45, 7) is 6.28. The highest BCUT2D eigenvalue weighted by molar-refractivity contribution is 7.12. The molecule has 0 fully saturated rings. The quantitative estimate of drug-likeness (QED) is 0.905. The summed E-state index contributed by atoms with van der Waals surface area (Å²) >= 11 is 1.82. The number of hydrogen-bond acceptors (Lipinski definition) is 3. The Bertz CT molecular complexity index is 486. The number of thiophene rings is 1. The first kappa shape index (κ1) is 12.3. The molecule has 2 N–H and O–H groups in total. The van der Waals surface area contributed by atoms with Crippen LogP contribution in [0.3, 0.4) is 0 Å². The predicted molar refractivity (Wildman–Crippen MR) is 72.4 cm³/mol. The van der Waals surface area contributed by atoms with Crippen LogP contribution in [0.25, 0.3) is 0 Å². The number of aromatic nitrogens is 2. The van der Waals surface area contributed by atoms with Crippen LogP contribution in [-0.2, 0) is 0 Å². The van der Waals surface area contributed by atoms with E-state index in [1.165, 1.54) is 9.75 Å². The van der Waals surface area contributed by atoms with Gasteiger partial charge in [0.25, 0.3) is 0 Å². The zero-order valence-corrected chi connectivity index (χ0v) is 11.4. The molecular formula is C13H19N3S. The molecule has 0 aromatic carbocycles. The fourth-order valence-corrected chi connectivity index (χ4v) is 3.12. The van der Waals surface area contributed by atoms with Gasteiger partial charge in [0, 0.05) is 28.2 Å². The monoisotopic (exact) mass is 249 g/mol. The molecule has 2 heterocycles. The maximum atomic E-state index is 6.28. The standard InChI is InChI=1S/C13H19N3S/c1-4-11(14)13(12-6-5-9(2)17-12)16-8-7-15-10(16)3/h5-8,11,13H,4,14H2,1-3H3. The number of nitrogens with zero attached hydrogens (tertiary/aromatic N) is 2. The molecule has 0 aliphatic heterocycles. The van der Waals surface area contributed by atoms with Gasteiger partial charge in [0.15, 0.2) is 0 Å². The summed E-state index contributed by atoms with van der Waals surface area (Å²) < 4.78 is 2.18. The molecule has 2 aromatic rings. The van der Waals surface area contributed by atoms with Crippen molar-refractivity contribution in [2.45, 2.75) is 39.3 Å². The number of nitrogens with two attached hydrogens (primary N) is 1. The number of imidazole rings is 1. The van der Waals surface area contributed by atoms with E-state index >= 15 is 0 Å². The van der Waals surface area contributed by atoms with Gasteiger partial charge in [-0.15, -0.1) is 11.3 Å². The van der Waals surface area contributed by atoms with Gasteiger partial charge in [-0.1, -0.05) is 6.92 Å². The van der Waals surface area contributed by atoms with Crippen LogP contribution in [0.2, 0.25) is 0 Å². The third kappa shape index (κ3) is 2.42. The van der Waals surface area contributed by atoms with Crippen LogP contribution in [0.4, 0.5) is 0 Å². The Morgan fingerprint density at radius 2 is 2.18 bits per heavy atom. The predicted octanol–water partition coefficient (Wildman–Crippen LogP) is 2.89. The van der Waals surface area contributed by atoms with E-state index in [4.69, 9.17) is 5.73 Å². The van der Waals surface area contributed by atoms with Crippen molar-refractivity contribution in [2.75, 3.05) is 0 Å². The number of hydrogen-bond donors (Lipinski definition) is 1. The first-order chi connectivity index (χ1) is 8.13. The van der Waals surface area contributed by atoms with Gasteiger partial charge < -0.3 is 10.3 Å². The largest absolute Gasteiger partial charge is 0.326 e. The molecule has 0 aliphatic carbocycles. The second kappa shape index (κ2) is 5.02. The van der Waals surface area contributed by atoms with Crippen molar-refractivity contribution in [2.24, 2.45) is 5.73 Å². The molecule has 0 bridgehead atoms. The lowest BCUT2D eigenvalue weighted by Crippen LogP contribution is -2.32. The minimum atomic E-state index is 0.126. The summed E-state index contributed by atoms with van der Waals surface area (Å²) in [7, 11) is 0. The molecule has 3 nitrogen and oxygen atoms in total. The summed E-state index contributed by atoms with van der Waals surface area (Å²) in [5, 5.41) is 0. The fourth-order valence-electron chi connectivity index (χ4n) is 2.07. The van der Waals surface area contributed by atoms with Gasteiger partial charge >= 0.3 is 0 Å². The third-order valence-corrected chi connectivity index (χ3v) is 4.16. The van der Waals surface area contributed by atoms with Gasteiger partial charge in [-0.05, 0) is 32.4 Å². The Morgan fingerprint density at radius 3 is 2.65 bits per heavy atom. The van der Waals surface area contributed by atoms with Gasteiger partial charge in [-0.25, -0.2) is 4.98 Å². The molecule has 2 unspecified atom stereocenters. The second-order valence-corrected chi connectivity index (χ2v) is 5.67. The molecular weight excluding hydrogens is 230 g/mol. The third-order valence-electron chi connectivity index (χ3n) is 3.09. The SMILES string of the molecule is CCC(N)C(c1ccc(C)s1)n1ccnc1C. The van der Waals surface area contributed by atoms with Gasteiger partial charge in [-0.3, -0.25) is 0 Å². The maximum absolute atomic E-state index is 6.28. The van der Waals surface area contributed by atoms with Gasteiger partial charge in [-0.2, -0.15) is 0 Å². The molecule has 92 valence electrons. The van der Waals surface area contributed by atoms with Crippen molar-refractivity contribution in [3.63, 3.8) is 0 Å². The summed E-state index contributed by atoms with van der Waals surface area (Å²) in [6.07, 6.45) is 4.81. The summed E-state index contributed by atoms with van der Waals surface area (Å²) in [5.74, 6) is 1.02. The molecule has 17 heavy (non-hydrogen) atoms. The minimum absolute atomic E-state index is 0.126. The Morgan fingerprint density at radius 1 is 1.41 bits per heavy atom. The van der Waals surface area contributed by atoms with E-state index in [1.54, 1.807) is 0 Å². The number of rotatable bonds is 4. The van der Waals surface area contributed by atoms with Crippen LogP contribution in [-0.4, -0.2) is 15.6 Å². The zero-order chi connectivity index (χ0) is 12.4. The number of aryl methyl sites for hydroxylation is 2. The molecule has 0 radical (unpaired) electrons. The van der Waals surface area contributed by atoms with Crippen molar-refractivity contribution in [3.05, 3.63) is 40.1 Å². The summed E-state index contributed by atoms with van der Waals surface area (Å²) in [6, 6.07) is 4.67. The van der Waals surface area contributed by atoms with Crippen LogP contribution in [0.15, 0.2) is 24.5 Å². The lowest BCUT2D eigenvalue weighted by Gasteiger charge is -2.24. The van der Waals surface area contributed by atoms with Crippen LogP contribution in [0, 0.1) is 13.8 Å². The molecule has 4 heteroatoms. The van der Waals surface area contributed by atoms with E-state index in [9.17, 15) is 0 Å². The van der Waals surface area contributed by atoms with Crippen molar-refractivity contribution in [1.82, 2.24) is 9.55 Å². The molecule has 2 rings (SSSR count). The van der Waals surface area contributed by atoms with Crippen molar-refractivity contribution in [3.8, 4) is 0 Å². The Labute approximate surface area is 106 Å². The first-order valence-corrected chi connectivity index (χ1v) is 6.76. The normalized spacial score (nSPS) is 14.8. The first-order valence-electron chi connectivity index (χ1n) is 5.94. The van der Waals surface area contributed by atoms with Crippen LogP contribution >= 0.6 is 11.3 Å². The topological polar surface area (TPSA) is 43.8 Å². The molecule has 0 aliphatic rings. The van der Waals surface area contributed by atoms with E-state index in [-0.39, 0.29) is 12.1 Å². The Hall–Kier alpha value is -1.13. The van der Waals surface area contributed by atoms with Gasteiger partial charge in [0.1, 0.15) is 5.82 Å². The summed E-state index contributed by atoms with van der Waals surface area (Å²) in [5.41, 5.74) is 6.28. The van der Waals surface area contributed by atoms with E-state index < -0.39 is 0 Å². The van der Waals surface area contributed by atoms with Crippen molar-refractivity contribution >= 4 is 11.3 Å². The van der Waals surface area contributed by atoms with E-state index in [0.29, 0.717) is 0 Å². The van der Waals surface area contributed by atoms with E-state index in [1.807, 2.05) is 30.7 Å². The van der Waals surface area contributed by atoms with Crippen molar-refractivity contribution < 1.29 is 0 Å². The van der Waals surface area contributed by atoms with Crippen LogP contribution in [0.5, 0.6) is 0 Å². The average Bonchev–Trinajstić information content (AvgIpc) is 2.90. The average molecular weight is 249 g/mol. The molecule has 2 aromatic heterocycles. The van der Waals surface area contributed by atoms with Crippen LogP contribution in [0.1, 0.15) is 35.0 Å². The van der Waals surface area contributed by atoms with Gasteiger partial charge in [0.2, 0.25) is 0 Å². The lowest BCUT2D eigenvalue weighted by molar-refractivity contribution is 0.457. The van der Waals surface area contributed by atoms with E-state index in [0.717, 1.165) is 12.2 Å². The smallest absolute Gasteiger partial charge is 0.106 e. The molecule has 0 saturated carbocycles. The highest BCUT2D eigenvalue weighted by Crippen LogP contribution is 2.29. The van der Waals surface area contributed by atoms with Crippen molar-refractivity contribution in [1.29, 1.82) is 0 Å². The Balaban J connectivity index is 2.42. The Kier molecular flexibility index (Phi) is 3.64. The maximum Gasteiger partial charge on any atom is 0.106 e. The molecule has 0 saturated heterocycles. The van der Waals surface area contributed by atoms with Crippen LogP contribution < -0.4 is 5.73 Å². The highest BCUT2D eigenvalue weighted by atomic mass is 32.1. The zero-order valence-electron chi connectivity index (χ0n) is 10.6. The van der Waals surface area contributed by atoms with Gasteiger partial charge in [0.05, 0.1) is 6.04 Å². The molecule has 0 amide bonds. The highest BCUT2D eigenvalue weighted by Gasteiger charge is 2.22. The second-order valence-electron chi connectivity index (χ2n) is 4.35.